The third-order valence-corrected chi connectivity index (χ3v) is 3.55. The summed E-state index contributed by atoms with van der Waals surface area (Å²) in [5.41, 5.74) is 0.440. The Bertz CT molecular complexity index is 491. The number of rotatable bonds is 3. The van der Waals surface area contributed by atoms with Gasteiger partial charge in [0.25, 0.3) is 0 Å². The summed E-state index contributed by atoms with van der Waals surface area (Å²) in [6, 6.07) is 4.23. The molecule has 1 aromatic carbocycles. The van der Waals surface area contributed by atoms with Crippen LogP contribution >= 0.6 is 11.6 Å². The number of hydrogen-bond acceptors (Lipinski definition) is 3. The summed E-state index contributed by atoms with van der Waals surface area (Å²) in [6.07, 6.45) is 1.45. The lowest BCUT2D eigenvalue weighted by atomic mass is 10.1. The van der Waals surface area contributed by atoms with Crippen molar-refractivity contribution in [1.29, 1.82) is 0 Å². The third-order valence-electron chi connectivity index (χ3n) is 1.97. The fourth-order valence-corrected chi connectivity index (χ4v) is 2.51. The number of halogens is 1. The van der Waals surface area contributed by atoms with Gasteiger partial charge in [0.15, 0.2) is 15.6 Å². The smallest absolute Gasteiger partial charge is 0.176 e. The molecule has 0 aromatic heterocycles. The molecule has 0 saturated heterocycles. The lowest BCUT2D eigenvalue weighted by molar-refractivity contribution is 0.0988. The monoisotopic (exact) mass is 246 g/mol. The van der Waals surface area contributed by atoms with Crippen molar-refractivity contribution in [3.8, 4) is 0 Å². The van der Waals surface area contributed by atoms with Crippen molar-refractivity contribution in [3.05, 3.63) is 28.8 Å². The predicted octanol–water partition coefficient (Wildman–Crippen LogP) is 2.34. The van der Waals surface area contributed by atoms with E-state index in [1.165, 1.54) is 18.2 Å². The van der Waals surface area contributed by atoms with Crippen LogP contribution in [-0.4, -0.2) is 20.5 Å². The maximum Gasteiger partial charge on any atom is 0.176 e. The minimum absolute atomic E-state index is 0.0526. The van der Waals surface area contributed by atoms with E-state index in [-0.39, 0.29) is 15.7 Å². The molecular formula is C10H11ClO3S. The van der Waals surface area contributed by atoms with Crippen LogP contribution in [0.2, 0.25) is 5.02 Å². The average Bonchev–Trinajstić information content (AvgIpc) is 2.14. The van der Waals surface area contributed by atoms with Crippen LogP contribution in [-0.2, 0) is 9.84 Å². The number of benzene rings is 1. The molecule has 0 atom stereocenters. The molecule has 15 heavy (non-hydrogen) atoms. The van der Waals surface area contributed by atoms with Crippen LogP contribution in [0.1, 0.15) is 23.7 Å². The second-order valence-electron chi connectivity index (χ2n) is 3.19. The molecule has 0 aliphatic carbocycles. The molecule has 82 valence electrons. The summed E-state index contributed by atoms with van der Waals surface area (Å²) < 4.78 is 22.5. The molecule has 0 bridgehead atoms. The van der Waals surface area contributed by atoms with E-state index in [0.29, 0.717) is 12.0 Å². The molecule has 0 radical (unpaired) electrons. The van der Waals surface area contributed by atoms with E-state index in [2.05, 4.69) is 0 Å². The Morgan fingerprint density at radius 1 is 1.40 bits per heavy atom. The second kappa shape index (κ2) is 4.33. The molecule has 0 saturated carbocycles. The van der Waals surface area contributed by atoms with E-state index in [9.17, 15) is 13.2 Å². The van der Waals surface area contributed by atoms with E-state index in [1.807, 2.05) is 0 Å². The molecule has 0 N–H and O–H groups in total. The van der Waals surface area contributed by atoms with Crippen molar-refractivity contribution in [2.24, 2.45) is 0 Å². The molecule has 5 heteroatoms. The summed E-state index contributed by atoms with van der Waals surface area (Å²) in [4.78, 5) is 11.4. The van der Waals surface area contributed by atoms with Crippen LogP contribution in [0, 0.1) is 0 Å². The fraction of sp³-hybridized carbons (Fsp3) is 0.300. The first-order valence-corrected chi connectivity index (χ1v) is 6.66. The van der Waals surface area contributed by atoms with Crippen molar-refractivity contribution < 1.29 is 13.2 Å². The van der Waals surface area contributed by atoms with Crippen LogP contribution in [0.5, 0.6) is 0 Å². The zero-order valence-corrected chi connectivity index (χ0v) is 10.0. The molecule has 0 heterocycles. The highest BCUT2D eigenvalue weighted by atomic mass is 35.5. The molecule has 0 aliphatic rings. The standard InChI is InChI=1S/C10H11ClO3S/c1-3-9(12)7-4-5-10(8(11)6-7)15(2,13)14/h4-6H,3H2,1-2H3. The van der Waals surface area contributed by atoms with Crippen molar-refractivity contribution in [3.63, 3.8) is 0 Å². The van der Waals surface area contributed by atoms with Crippen LogP contribution < -0.4 is 0 Å². The number of Topliss-reactive ketones (excluding diaryl/α,β-unsaturated/α-hetero) is 1. The first-order valence-electron chi connectivity index (χ1n) is 4.39. The van der Waals surface area contributed by atoms with Gasteiger partial charge in [0.1, 0.15) is 0 Å². The Balaban J connectivity index is 3.27. The molecular weight excluding hydrogens is 236 g/mol. The number of ketones is 1. The van der Waals surface area contributed by atoms with E-state index >= 15 is 0 Å². The summed E-state index contributed by atoms with van der Waals surface area (Å²) in [5.74, 6) is -0.0584. The summed E-state index contributed by atoms with van der Waals surface area (Å²) >= 11 is 5.78. The molecule has 1 rings (SSSR count). The maximum atomic E-state index is 11.3. The first-order chi connectivity index (χ1) is 6.86. The summed E-state index contributed by atoms with van der Waals surface area (Å²) in [5, 5.41) is 0.0943. The van der Waals surface area contributed by atoms with Gasteiger partial charge in [-0.3, -0.25) is 4.79 Å². The van der Waals surface area contributed by atoms with Gasteiger partial charge in [-0.1, -0.05) is 24.6 Å². The van der Waals surface area contributed by atoms with Gasteiger partial charge in [-0.2, -0.15) is 0 Å². The fourth-order valence-electron chi connectivity index (χ4n) is 1.18. The Labute approximate surface area is 94.0 Å². The molecule has 0 amide bonds. The van der Waals surface area contributed by atoms with Crippen LogP contribution in [0.4, 0.5) is 0 Å². The van der Waals surface area contributed by atoms with E-state index in [0.717, 1.165) is 6.26 Å². The van der Waals surface area contributed by atoms with Gasteiger partial charge < -0.3 is 0 Å². The van der Waals surface area contributed by atoms with E-state index in [1.54, 1.807) is 6.92 Å². The summed E-state index contributed by atoms with van der Waals surface area (Å²) in [6.45, 7) is 1.74. The number of carbonyl (C=O) groups is 1. The van der Waals surface area contributed by atoms with Gasteiger partial charge >= 0.3 is 0 Å². The minimum Gasteiger partial charge on any atom is -0.294 e. The normalized spacial score (nSPS) is 11.4. The quantitative estimate of drug-likeness (QED) is 0.770. The van der Waals surface area contributed by atoms with Crippen LogP contribution in [0.3, 0.4) is 0 Å². The van der Waals surface area contributed by atoms with Gasteiger partial charge in [0.05, 0.1) is 9.92 Å². The maximum absolute atomic E-state index is 11.3. The topological polar surface area (TPSA) is 51.2 Å². The Hall–Kier alpha value is -0.870. The Morgan fingerprint density at radius 3 is 2.40 bits per heavy atom. The number of sulfone groups is 1. The molecule has 3 nitrogen and oxygen atoms in total. The molecule has 1 aromatic rings. The zero-order chi connectivity index (χ0) is 11.6. The van der Waals surface area contributed by atoms with Gasteiger partial charge in [0.2, 0.25) is 0 Å². The highest BCUT2D eigenvalue weighted by Gasteiger charge is 2.13. The highest BCUT2D eigenvalue weighted by Crippen LogP contribution is 2.23. The number of hydrogen-bond donors (Lipinski definition) is 0. The van der Waals surface area contributed by atoms with Crippen molar-refractivity contribution in [2.75, 3.05) is 6.26 Å². The summed E-state index contributed by atoms with van der Waals surface area (Å²) in [7, 11) is -3.33. The van der Waals surface area contributed by atoms with E-state index in [4.69, 9.17) is 11.6 Å². The van der Waals surface area contributed by atoms with Gasteiger partial charge in [-0.25, -0.2) is 8.42 Å². The molecule has 0 unspecified atom stereocenters. The van der Waals surface area contributed by atoms with Gasteiger partial charge in [0, 0.05) is 18.2 Å². The molecule has 0 fully saturated rings. The average molecular weight is 247 g/mol. The predicted molar refractivity (Wildman–Crippen MR) is 59.2 cm³/mol. The minimum atomic E-state index is -3.33. The van der Waals surface area contributed by atoms with Crippen LogP contribution in [0.25, 0.3) is 0 Å². The van der Waals surface area contributed by atoms with Crippen molar-refractivity contribution in [1.82, 2.24) is 0 Å². The Morgan fingerprint density at radius 2 is 2.00 bits per heavy atom. The lowest BCUT2D eigenvalue weighted by Crippen LogP contribution is -2.01. The second-order valence-corrected chi connectivity index (χ2v) is 5.59. The van der Waals surface area contributed by atoms with Gasteiger partial charge in [-0.05, 0) is 12.1 Å². The lowest BCUT2D eigenvalue weighted by Gasteiger charge is -2.03. The SMILES string of the molecule is CCC(=O)c1ccc(S(C)(=O)=O)c(Cl)c1. The van der Waals surface area contributed by atoms with Crippen LogP contribution in [0.15, 0.2) is 23.1 Å². The van der Waals surface area contributed by atoms with E-state index < -0.39 is 9.84 Å². The van der Waals surface area contributed by atoms with Crippen molar-refractivity contribution in [2.45, 2.75) is 18.2 Å². The number of carbonyl (C=O) groups excluding carboxylic acids is 1. The molecule has 0 spiro atoms. The first kappa shape index (κ1) is 12.2. The van der Waals surface area contributed by atoms with Crippen molar-refractivity contribution >= 4 is 27.2 Å². The van der Waals surface area contributed by atoms with Gasteiger partial charge in [-0.15, -0.1) is 0 Å². The Kier molecular flexibility index (Phi) is 3.52. The highest BCUT2D eigenvalue weighted by molar-refractivity contribution is 7.90. The zero-order valence-electron chi connectivity index (χ0n) is 8.45. The molecule has 0 aliphatic heterocycles. The largest absolute Gasteiger partial charge is 0.294 e. The third kappa shape index (κ3) is 2.79.